The van der Waals surface area contributed by atoms with Gasteiger partial charge < -0.3 is 4.57 Å². The molecule has 12 rings (SSSR count). The molecule has 0 fully saturated rings. The van der Waals surface area contributed by atoms with Crippen molar-refractivity contribution in [1.29, 1.82) is 0 Å². The summed E-state index contributed by atoms with van der Waals surface area (Å²) in [5, 5.41) is 12.8. The molecule has 0 unspecified atom stereocenters. The molecule has 0 N–H and O–H groups in total. The van der Waals surface area contributed by atoms with E-state index in [1.54, 1.807) is 0 Å². The van der Waals surface area contributed by atoms with E-state index < -0.39 is 8.07 Å². The molecule has 0 saturated carbocycles. The fraction of sp³-hybridized carbons (Fsp3) is 0.0400. The van der Waals surface area contributed by atoms with Crippen LogP contribution in [0.5, 0.6) is 0 Å². The molecule has 0 spiro atoms. The smallest absolute Gasteiger partial charge is 0.235 e. The van der Waals surface area contributed by atoms with Crippen LogP contribution in [0.25, 0.3) is 99.3 Å². The summed E-state index contributed by atoms with van der Waals surface area (Å²) in [5.41, 5.74) is 10.2. The molecule has 0 radical (unpaired) electrons. The van der Waals surface area contributed by atoms with Gasteiger partial charge in [-0.25, -0.2) is 9.97 Å². The first-order valence-electron chi connectivity index (χ1n) is 19.0. The van der Waals surface area contributed by atoms with Gasteiger partial charge in [0, 0.05) is 38.4 Å². The molecule has 4 nitrogen and oxygen atoms in total. The summed E-state index contributed by atoms with van der Waals surface area (Å²) in [6, 6.07) is 61.6. The van der Waals surface area contributed by atoms with E-state index in [0.29, 0.717) is 5.95 Å². The third kappa shape index (κ3) is 4.10. The number of hydrogen-bond acceptors (Lipinski definition) is 2. The van der Waals surface area contributed by atoms with Crippen molar-refractivity contribution in [2.24, 2.45) is 0 Å². The van der Waals surface area contributed by atoms with Crippen molar-refractivity contribution >= 4 is 83.6 Å². The minimum absolute atomic E-state index is 0.702. The number of aromatic nitrogens is 4. The summed E-state index contributed by atoms with van der Waals surface area (Å²) in [6.07, 6.45) is 0. The second-order valence-corrected chi connectivity index (χ2v) is 19.6. The third-order valence-electron chi connectivity index (χ3n) is 12.1. The summed E-state index contributed by atoms with van der Waals surface area (Å²) >= 11 is 0. The first kappa shape index (κ1) is 30.6. The van der Waals surface area contributed by atoms with E-state index in [1.807, 2.05) is 0 Å². The number of nitrogens with zero attached hydrogens (tertiary/aromatic N) is 4. The Morgan fingerprint density at radius 2 is 0.855 bits per heavy atom. The predicted molar refractivity (Wildman–Crippen MR) is 233 cm³/mol. The quantitative estimate of drug-likeness (QED) is 0.135. The van der Waals surface area contributed by atoms with Gasteiger partial charge in [0.2, 0.25) is 5.95 Å². The topological polar surface area (TPSA) is 35.6 Å². The highest BCUT2D eigenvalue weighted by atomic mass is 28.3. The van der Waals surface area contributed by atoms with Crippen molar-refractivity contribution in [3.8, 4) is 34.2 Å². The van der Waals surface area contributed by atoms with Crippen LogP contribution in [0.2, 0.25) is 13.1 Å². The Morgan fingerprint density at radius 3 is 1.51 bits per heavy atom. The standard InChI is InChI=1S/C50H34N4Si/c1-55(2)48-39-24-9-7-19-34(39)33-18-6-8-23-38(33)45(48)47-49(55)46(51-50(52-47)54-42-26-14-10-20-35(42)36-21-11-15-27-43(36)54)31-28-29-44-40(30-31)37-22-12-13-25-41(37)53(44)32-16-4-3-5-17-32/h3-30H,1-2H3. The van der Waals surface area contributed by atoms with E-state index >= 15 is 0 Å². The summed E-state index contributed by atoms with van der Waals surface area (Å²) in [5.74, 6) is 0.702. The zero-order valence-electron chi connectivity index (χ0n) is 30.5. The zero-order valence-corrected chi connectivity index (χ0v) is 31.5. The Labute approximate surface area is 318 Å². The molecule has 0 saturated heterocycles. The number of fused-ring (bicyclic) bond motifs is 14. The van der Waals surface area contributed by atoms with Crippen molar-refractivity contribution in [3.05, 3.63) is 170 Å². The normalized spacial score (nSPS) is 13.4. The molecule has 5 heteroatoms. The molecule has 1 aliphatic heterocycles. The van der Waals surface area contributed by atoms with Gasteiger partial charge in [0.25, 0.3) is 0 Å². The lowest BCUT2D eigenvalue weighted by molar-refractivity contribution is 1.00. The van der Waals surface area contributed by atoms with Gasteiger partial charge in [0.05, 0.1) is 33.5 Å². The second-order valence-electron chi connectivity index (χ2n) is 15.4. The van der Waals surface area contributed by atoms with Crippen molar-refractivity contribution in [2.45, 2.75) is 13.1 Å². The van der Waals surface area contributed by atoms with Crippen LogP contribution < -0.4 is 10.4 Å². The fourth-order valence-electron chi connectivity index (χ4n) is 9.81. The van der Waals surface area contributed by atoms with Gasteiger partial charge in [-0.1, -0.05) is 140 Å². The fourth-order valence-corrected chi connectivity index (χ4v) is 13.4. The van der Waals surface area contributed by atoms with Gasteiger partial charge in [-0.2, -0.15) is 0 Å². The van der Waals surface area contributed by atoms with Crippen LogP contribution in [0.4, 0.5) is 0 Å². The highest BCUT2D eigenvalue weighted by Crippen LogP contribution is 2.42. The van der Waals surface area contributed by atoms with Gasteiger partial charge in [-0.15, -0.1) is 0 Å². The van der Waals surface area contributed by atoms with Crippen LogP contribution in [-0.4, -0.2) is 27.2 Å². The summed E-state index contributed by atoms with van der Waals surface area (Å²) in [6.45, 7) is 5.01. The van der Waals surface area contributed by atoms with Gasteiger partial charge in [-0.3, -0.25) is 4.57 Å². The molecule has 55 heavy (non-hydrogen) atoms. The van der Waals surface area contributed by atoms with E-state index in [9.17, 15) is 0 Å². The van der Waals surface area contributed by atoms with Crippen molar-refractivity contribution in [2.75, 3.05) is 0 Å². The molecule has 11 aromatic rings. The Morgan fingerprint density at radius 1 is 0.382 bits per heavy atom. The maximum atomic E-state index is 5.73. The van der Waals surface area contributed by atoms with Gasteiger partial charge >= 0.3 is 0 Å². The van der Waals surface area contributed by atoms with Gasteiger partial charge in [-0.05, 0) is 74.4 Å². The maximum absolute atomic E-state index is 5.73. The van der Waals surface area contributed by atoms with Gasteiger partial charge in [0.1, 0.15) is 8.07 Å². The van der Waals surface area contributed by atoms with Gasteiger partial charge in [0.15, 0.2) is 0 Å². The summed E-state index contributed by atoms with van der Waals surface area (Å²) in [4.78, 5) is 11.4. The Hall–Kier alpha value is -6.82. The minimum Gasteiger partial charge on any atom is -0.309 e. The highest BCUT2D eigenvalue weighted by molar-refractivity contribution is 7.06. The monoisotopic (exact) mass is 718 g/mol. The van der Waals surface area contributed by atoms with Crippen LogP contribution in [0, 0.1) is 0 Å². The number of rotatable bonds is 3. The van der Waals surface area contributed by atoms with E-state index in [4.69, 9.17) is 9.97 Å². The lowest BCUT2D eigenvalue weighted by atomic mass is 9.95. The summed E-state index contributed by atoms with van der Waals surface area (Å²) in [7, 11) is -2.41. The first-order valence-corrected chi connectivity index (χ1v) is 22.0. The lowest BCUT2D eigenvalue weighted by Gasteiger charge is -2.23. The average molecular weight is 719 g/mol. The molecule has 0 bridgehead atoms. The third-order valence-corrected chi connectivity index (χ3v) is 15.6. The molecule has 4 heterocycles. The molecular formula is C50H34N4Si. The van der Waals surface area contributed by atoms with E-state index in [0.717, 1.165) is 33.7 Å². The number of para-hydroxylation sites is 4. The predicted octanol–water partition coefficient (Wildman–Crippen LogP) is 11.4. The molecule has 1 aliphatic rings. The van der Waals surface area contributed by atoms with Crippen molar-refractivity contribution in [3.63, 3.8) is 0 Å². The zero-order chi connectivity index (χ0) is 36.4. The van der Waals surface area contributed by atoms with Crippen LogP contribution >= 0.6 is 0 Å². The molecule has 3 aromatic heterocycles. The SMILES string of the molecule is C[Si]1(C)c2c(-c3ccc4c(c3)c3ccccc3n4-c3ccccc3)nc(-n3c4ccccc4c4ccccc43)nc2-c2c1c1ccccc1c1ccccc21. The van der Waals surface area contributed by atoms with Crippen LogP contribution in [0.1, 0.15) is 0 Å². The molecule has 0 aliphatic carbocycles. The van der Waals surface area contributed by atoms with Crippen molar-refractivity contribution < 1.29 is 0 Å². The largest absolute Gasteiger partial charge is 0.309 e. The van der Waals surface area contributed by atoms with Crippen LogP contribution in [0.15, 0.2) is 170 Å². The molecule has 8 aromatic carbocycles. The summed E-state index contributed by atoms with van der Waals surface area (Å²) < 4.78 is 4.67. The van der Waals surface area contributed by atoms with Crippen LogP contribution in [0.3, 0.4) is 0 Å². The molecule has 0 amide bonds. The first-order chi connectivity index (χ1) is 27.1. The molecular weight excluding hydrogens is 685 g/mol. The number of benzene rings is 8. The highest BCUT2D eigenvalue weighted by Gasteiger charge is 2.44. The number of hydrogen-bond donors (Lipinski definition) is 0. The van der Waals surface area contributed by atoms with E-state index in [1.165, 1.54) is 70.1 Å². The Bertz CT molecular complexity index is 3360. The second kappa shape index (κ2) is 11.1. The van der Waals surface area contributed by atoms with Crippen molar-refractivity contribution in [1.82, 2.24) is 19.1 Å². The molecule has 258 valence electrons. The Balaban J connectivity index is 1.23. The Kier molecular flexibility index (Phi) is 6.18. The average Bonchev–Trinajstić information content (AvgIpc) is 3.84. The van der Waals surface area contributed by atoms with Crippen LogP contribution in [-0.2, 0) is 0 Å². The van der Waals surface area contributed by atoms with E-state index in [-0.39, 0.29) is 0 Å². The van der Waals surface area contributed by atoms with E-state index in [2.05, 4.69) is 192 Å². The maximum Gasteiger partial charge on any atom is 0.235 e. The minimum atomic E-state index is -2.41. The molecule has 0 atom stereocenters. The lowest BCUT2D eigenvalue weighted by Crippen LogP contribution is -2.51.